The van der Waals surface area contributed by atoms with Gasteiger partial charge in [-0.15, -0.1) is 0 Å². The highest BCUT2D eigenvalue weighted by molar-refractivity contribution is 6.31. The van der Waals surface area contributed by atoms with Gasteiger partial charge in [0.05, 0.1) is 22.2 Å². The number of benzene rings is 1. The van der Waals surface area contributed by atoms with E-state index in [0.717, 1.165) is 6.92 Å². The first-order chi connectivity index (χ1) is 5.96. The quantitative estimate of drug-likeness (QED) is 0.684. The number of nitrogens with zero attached hydrogens (tertiary/aromatic N) is 1. The molecule has 0 aromatic heterocycles. The van der Waals surface area contributed by atoms with E-state index >= 15 is 0 Å². The molecule has 13 heavy (non-hydrogen) atoms. The van der Waals surface area contributed by atoms with Crippen molar-refractivity contribution in [1.29, 1.82) is 5.26 Å². The molecular weight excluding hydrogens is 196 g/mol. The van der Waals surface area contributed by atoms with Crippen molar-refractivity contribution in [3.63, 3.8) is 0 Å². The van der Waals surface area contributed by atoms with Crippen LogP contribution in [0.3, 0.4) is 0 Å². The number of rotatable bonds is 1. The third kappa shape index (κ3) is 1.96. The second-order valence-corrected chi connectivity index (χ2v) is 3.07. The molecule has 4 heteroatoms. The Balaban J connectivity index is 3.43. The predicted octanol–water partition coefficient (Wildman–Crippen LogP) is 3.32. The van der Waals surface area contributed by atoms with E-state index in [2.05, 4.69) is 0 Å². The Bertz CT molecular complexity index is 363. The summed E-state index contributed by atoms with van der Waals surface area (Å²) >= 11 is 5.56. The molecule has 1 nitrogen and oxygen atoms in total. The van der Waals surface area contributed by atoms with E-state index in [1.807, 2.05) is 0 Å². The van der Waals surface area contributed by atoms with E-state index in [0.29, 0.717) is 0 Å². The van der Waals surface area contributed by atoms with Gasteiger partial charge < -0.3 is 0 Å². The zero-order valence-corrected chi connectivity index (χ0v) is 7.57. The molecule has 0 fully saturated rings. The van der Waals surface area contributed by atoms with E-state index in [1.54, 1.807) is 6.07 Å². The number of hydrogen-bond acceptors (Lipinski definition) is 1. The first kappa shape index (κ1) is 9.94. The summed E-state index contributed by atoms with van der Waals surface area (Å²) in [5.41, 5.74) is -0.487. The summed E-state index contributed by atoms with van der Waals surface area (Å²) in [6, 6.07) is 5.81. The van der Waals surface area contributed by atoms with Gasteiger partial charge in [0.15, 0.2) is 0 Å². The molecule has 0 radical (unpaired) electrons. The van der Waals surface area contributed by atoms with Gasteiger partial charge in [-0.25, -0.2) is 8.78 Å². The van der Waals surface area contributed by atoms with Crippen molar-refractivity contribution in [3.05, 3.63) is 34.3 Å². The van der Waals surface area contributed by atoms with Crippen LogP contribution in [-0.4, -0.2) is 0 Å². The van der Waals surface area contributed by atoms with Crippen LogP contribution in [-0.2, 0) is 5.92 Å². The SMILES string of the molecule is CC(F)(F)c1c(Cl)cccc1C#N. The van der Waals surface area contributed by atoms with Crippen molar-refractivity contribution in [1.82, 2.24) is 0 Å². The Morgan fingerprint density at radius 2 is 2.08 bits per heavy atom. The number of hydrogen-bond donors (Lipinski definition) is 0. The van der Waals surface area contributed by atoms with Crippen LogP contribution in [0.25, 0.3) is 0 Å². The van der Waals surface area contributed by atoms with Gasteiger partial charge in [0.25, 0.3) is 5.92 Å². The van der Waals surface area contributed by atoms with Crippen LogP contribution in [0.5, 0.6) is 0 Å². The smallest absolute Gasteiger partial charge is 0.202 e. The van der Waals surface area contributed by atoms with Gasteiger partial charge >= 0.3 is 0 Å². The minimum absolute atomic E-state index is 0.0773. The van der Waals surface area contributed by atoms with Crippen LogP contribution in [0.15, 0.2) is 18.2 Å². The highest BCUT2D eigenvalue weighted by Gasteiger charge is 2.30. The van der Waals surface area contributed by atoms with Crippen LogP contribution in [0.1, 0.15) is 18.1 Å². The fourth-order valence-corrected chi connectivity index (χ4v) is 1.40. The summed E-state index contributed by atoms with van der Waals surface area (Å²) in [5, 5.41) is 8.49. The molecule has 1 aromatic carbocycles. The van der Waals surface area contributed by atoms with Crippen LogP contribution in [0.2, 0.25) is 5.02 Å². The molecule has 1 aromatic rings. The summed E-state index contributed by atoms with van der Waals surface area (Å²) in [4.78, 5) is 0. The van der Waals surface area contributed by atoms with E-state index in [1.165, 1.54) is 18.2 Å². The molecule has 0 saturated carbocycles. The summed E-state index contributed by atoms with van der Waals surface area (Å²) in [7, 11) is 0. The maximum atomic E-state index is 12.9. The third-order valence-electron chi connectivity index (χ3n) is 1.57. The Morgan fingerprint density at radius 1 is 1.46 bits per heavy atom. The zero-order valence-electron chi connectivity index (χ0n) is 6.81. The lowest BCUT2D eigenvalue weighted by molar-refractivity contribution is 0.0173. The molecule has 0 unspecified atom stereocenters. The standard InChI is InChI=1S/C9H6ClF2N/c1-9(11,12)8-6(5-13)3-2-4-7(8)10/h2-4H,1H3. The molecule has 1 rings (SSSR count). The predicted molar refractivity (Wildman–Crippen MR) is 45.7 cm³/mol. The van der Waals surface area contributed by atoms with Gasteiger partial charge in [-0.1, -0.05) is 17.7 Å². The Morgan fingerprint density at radius 3 is 2.46 bits per heavy atom. The number of halogens is 3. The maximum absolute atomic E-state index is 12.9. The van der Waals surface area contributed by atoms with E-state index < -0.39 is 11.5 Å². The zero-order chi connectivity index (χ0) is 10.1. The minimum atomic E-state index is -3.08. The number of alkyl halides is 2. The van der Waals surface area contributed by atoms with E-state index in [9.17, 15) is 8.78 Å². The highest BCUT2D eigenvalue weighted by atomic mass is 35.5. The van der Waals surface area contributed by atoms with Gasteiger partial charge in [0.1, 0.15) is 0 Å². The largest absolute Gasteiger partial charge is 0.273 e. The molecule has 0 aliphatic heterocycles. The van der Waals surface area contributed by atoms with Crippen LogP contribution in [0, 0.1) is 11.3 Å². The molecule has 0 spiro atoms. The van der Waals surface area contributed by atoms with Gasteiger partial charge in [-0.2, -0.15) is 5.26 Å². The lowest BCUT2D eigenvalue weighted by Crippen LogP contribution is -2.10. The molecule has 0 N–H and O–H groups in total. The van der Waals surface area contributed by atoms with Crippen molar-refractivity contribution in [2.24, 2.45) is 0 Å². The molecule has 0 aliphatic rings. The first-order valence-corrected chi connectivity index (χ1v) is 3.91. The monoisotopic (exact) mass is 201 g/mol. The lowest BCUT2D eigenvalue weighted by Gasteiger charge is -2.13. The van der Waals surface area contributed by atoms with Crippen molar-refractivity contribution in [2.75, 3.05) is 0 Å². The summed E-state index contributed by atoms with van der Waals surface area (Å²) in [6.45, 7) is 0.717. The number of nitriles is 1. The molecule has 0 saturated heterocycles. The molecule has 0 bridgehead atoms. The molecule has 0 heterocycles. The third-order valence-corrected chi connectivity index (χ3v) is 1.89. The maximum Gasteiger partial charge on any atom is 0.273 e. The van der Waals surface area contributed by atoms with Crippen LogP contribution >= 0.6 is 11.6 Å². The Labute approximate surface area is 79.6 Å². The highest BCUT2D eigenvalue weighted by Crippen LogP contribution is 2.34. The fourth-order valence-electron chi connectivity index (χ4n) is 1.06. The van der Waals surface area contributed by atoms with Crippen molar-refractivity contribution in [3.8, 4) is 6.07 Å². The summed E-state index contributed by atoms with van der Waals surface area (Å²) in [5.74, 6) is -3.08. The molecule has 68 valence electrons. The van der Waals surface area contributed by atoms with Crippen molar-refractivity contribution in [2.45, 2.75) is 12.8 Å². The molecule has 0 atom stereocenters. The second-order valence-electron chi connectivity index (χ2n) is 2.66. The lowest BCUT2D eigenvalue weighted by atomic mass is 10.0. The van der Waals surface area contributed by atoms with Crippen molar-refractivity contribution < 1.29 is 8.78 Å². The van der Waals surface area contributed by atoms with Gasteiger partial charge in [0.2, 0.25) is 0 Å². The Kier molecular flexibility index (Phi) is 2.53. The fraction of sp³-hybridized carbons (Fsp3) is 0.222. The molecular formula is C9H6ClF2N. The van der Waals surface area contributed by atoms with Gasteiger partial charge in [0, 0.05) is 6.92 Å². The molecule has 0 aliphatic carbocycles. The van der Waals surface area contributed by atoms with Crippen LogP contribution in [0.4, 0.5) is 8.78 Å². The topological polar surface area (TPSA) is 23.8 Å². The molecule has 0 amide bonds. The normalized spacial score (nSPS) is 11.0. The Hall–Kier alpha value is -1.14. The minimum Gasteiger partial charge on any atom is -0.202 e. The van der Waals surface area contributed by atoms with Crippen molar-refractivity contribution >= 4 is 11.6 Å². The van der Waals surface area contributed by atoms with E-state index in [4.69, 9.17) is 16.9 Å². The van der Waals surface area contributed by atoms with Crippen LogP contribution < -0.4 is 0 Å². The van der Waals surface area contributed by atoms with E-state index in [-0.39, 0.29) is 10.6 Å². The average Bonchev–Trinajstić information content (AvgIpc) is 2.01. The average molecular weight is 202 g/mol. The van der Waals surface area contributed by atoms with Gasteiger partial charge in [-0.3, -0.25) is 0 Å². The van der Waals surface area contributed by atoms with Gasteiger partial charge in [-0.05, 0) is 12.1 Å². The second kappa shape index (κ2) is 3.31. The summed E-state index contributed by atoms with van der Waals surface area (Å²) < 4.78 is 25.9. The first-order valence-electron chi connectivity index (χ1n) is 3.53. The summed E-state index contributed by atoms with van der Waals surface area (Å²) in [6.07, 6.45) is 0.